The van der Waals surface area contributed by atoms with Crippen molar-refractivity contribution in [1.82, 2.24) is 19.4 Å². The van der Waals surface area contributed by atoms with E-state index in [2.05, 4.69) is 23.7 Å². The van der Waals surface area contributed by atoms with Crippen LogP contribution in [0.15, 0.2) is 30.3 Å². The van der Waals surface area contributed by atoms with E-state index in [1.165, 1.54) is 9.47 Å². The summed E-state index contributed by atoms with van der Waals surface area (Å²) < 4.78 is 3.71. The molecule has 0 saturated carbocycles. The lowest BCUT2D eigenvalue weighted by molar-refractivity contribution is 0.0934. The first-order valence-electron chi connectivity index (χ1n) is 8.91. The second-order valence-electron chi connectivity index (χ2n) is 7.38. The number of rotatable bonds is 3. The molecule has 1 aromatic carbocycles. The highest BCUT2D eigenvalue weighted by molar-refractivity contribution is 6.14. The highest BCUT2D eigenvalue weighted by Crippen LogP contribution is 2.34. The van der Waals surface area contributed by atoms with E-state index in [1.807, 2.05) is 44.2 Å². The summed E-state index contributed by atoms with van der Waals surface area (Å²) in [6.07, 6.45) is 0. The Kier molecular flexibility index (Phi) is 4.52. The Morgan fingerprint density at radius 2 is 1.69 bits per heavy atom. The van der Waals surface area contributed by atoms with Gasteiger partial charge in [-0.3, -0.25) is 9.36 Å². The molecule has 6 nitrogen and oxygen atoms in total. The number of fused-ring (bicyclic) bond motifs is 3. The first kappa shape index (κ1) is 18.0. The molecule has 3 aromatic rings. The Morgan fingerprint density at radius 3 is 2.27 bits per heavy atom. The Morgan fingerprint density at radius 1 is 1.04 bits per heavy atom. The molecule has 26 heavy (non-hydrogen) atoms. The molecule has 1 N–H and O–H groups in total. The fraction of sp³-hybridized carbons (Fsp3) is 0.400. The van der Waals surface area contributed by atoms with E-state index in [9.17, 15) is 9.59 Å². The number of para-hydroxylation sites is 1. The quantitative estimate of drug-likeness (QED) is 0.777. The molecule has 2 aromatic heterocycles. The maximum Gasteiger partial charge on any atom is 0.328 e. The van der Waals surface area contributed by atoms with Crippen LogP contribution in [0.2, 0.25) is 0 Å². The minimum absolute atomic E-state index is 0.0105. The van der Waals surface area contributed by atoms with Gasteiger partial charge in [0.1, 0.15) is 5.69 Å². The molecule has 0 unspecified atom stereocenters. The Balaban J connectivity index is 2.42. The zero-order valence-corrected chi connectivity index (χ0v) is 16.2. The van der Waals surface area contributed by atoms with E-state index in [-0.39, 0.29) is 24.0 Å². The van der Waals surface area contributed by atoms with Gasteiger partial charge in [-0.1, -0.05) is 18.2 Å². The summed E-state index contributed by atoms with van der Waals surface area (Å²) in [4.78, 5) is 27.2. The van der Waals surface area contributed by atoms with Crippen LogP contribution < -0.4 is 5.32 Å². The molecule has 0 aliphatic carbocycles. The van der Waals surface area contributed by atoms with Crippen LogP contribution >= 0.6 is 0 Å². The Hall–Kier alpha value is -2.76. The van der Waals surface area contributed by atoms with Crippen molar-refractivity contribution in [3.63, 3.8) is 0 Å². The van der Waals surface area contributed by atoms with Crippen LogP contribution in [-0.4, -0.2) is 46.1 Å². The number of carbonyl (C=O) groups is 2. The van der Waals surface area contributed by atoms with E-state index >= 15 is 0 Å². The standard InChI is InChI=1S/C20H26N4O2/c1-12(2)21-19(25)17-11-16-18(24(17)20(26)22(5)6)14-9-7-8-10-15(14)23(16)13(3)4/h7-13H,1-6H3,(H,21,25). The van der Waals surface area contributed by atoms with Crippen molar-refractivity contribution in [3.05, 3.63) is 36.0 Å². The number of nitrogens with zero attached hydrogens (tertiary/aromatic N) is 3. The van der Waals surface area contributed by atoms with Gasteiger partial charge in [0.2, 0.25) is 0 Å². The molecule has 0 aliphatic heterocycles. The third-order valence-corrected chi connectivity index (χ3v) is 4.40. The first-order chi connectivity index (χ1) is 12.2. The van der Waals surface area contributed by atoms with Crippen LogP contribution in [-0.2, 0) is 0 Å². The zero-order chi connectivity index (χ0) is 19.2. The smallest absolute Gasteiger partial charge is 0.328 e. The van der Waals surface area contributed by atoms with Crippen molar-refractivity contribution in [2.75, 3.05) is 14.1 Å². The summed E-state index contributed by atoms with van der Waals surface area (Å²) >= 11 is 0. The van der Waals surface area contributed by atoms with Gasteiger partial charge in [-0.25, -0.2) is 4.79 Å². The summed E-state index contributed by atoms with van der Waals surface area (Å²) in [6.45, 7) is 8.01. The average molecular weight is 354 g/mol. The van der Waals surface area contributed by atoms with Gasteiger partial charge in [0, 0.05) is 31.6 Å². The number of aromatic nitrogens is 2. The SMILES string of the molecule is CC(C)NC(=O)c1cc2c(c3ccccc3n2C(C)C)n1C(=O)N(C)C. The molecule has 0 spiro atoms. The largest absolute Gasteiger partial charge is 0.349 e. The lowest BCUT2D eigenvalue weighted by atomic mass is 10.2. The summed E-state index contributed by atoms with van der Waals surface area (Å²) in [5, 5.41) is 3.87. The molecule has 6 heteroatoms. The van der Waals surface area contributed by atoms with Gasteiger partial charge in [-0.05, 0) is 39.8 Å². The average Bonchev–Trinajstić information content (AvgIpc) is 3.07. The maximum absolute atomic E-state index is 13.0. The van der Waals surface area contributed by atoms with Crippen molar-refractivity contribution < 1.29 is 9.59 Å². The number of carbonyl (C=O) groups excluding carboxylic acids is 2. The van der Waals surface area contributed by atoms with E-state index in [1.54, 1.807) is 14.1 Å². The molecule has 0 saturated heterocycles. The molecule has 3 rings (SSSR count). The number of hydrogen-bond acceptors (Lipinski definition) is 2. The summed E-state index contributed by atoms with van der Waals surface area (Å²) in [5.41, 5.74) is 3.10. The molecule has 0 fully saturated rings. The number of hydrogen-bond donors (Lipinski definition) is 1. The van der Waals surface area contributed by atoms with E-state index in [4.69, 9.17) is 0 Å². The molecule has 0 atom stereocenters. The number of nitrogens with one attached hydrogen (secondary N) is 1. The predicted molar refractivity (Wildman–Crippen MR) is 105 cm³/mol. The third-order valence-electron chi connectivity index (χ3n) is 4.40. The Bertz CT molecular complexity index is 992. The van der Waals surface area contributed by atoms with Gasteiger partial charge in [-0.2, -0.15) is 0 Å². The summed E-state index contributed by atoms with van der Waals surface area (Å²) in [5.74, 6) is -0.245. The van der Waals surface area contributed by atoms with Crippen LogP contribution in [0.4, 0.5) is 4.79 Å². The normalized spacial score (nSPS) is 11.7. The fourth-order valence-corrected chi connectivity index (χ4v) is 3.41. The maximum atomic E-state index is 13.0. The second-order valence-corrected chi connectivity index (χ2v) is 7.38. The topological polar surface area (TPSA) is 59.3 Å². The molecule has 0 bridgehead atoms. The first-order valence-corrected chi connectivity index (χ1v) is 8.91. The van der Waals surface area contributed by atoms with Gasteiger partial charge in [0.05, 0.1) is 16.6 Å². The third kappa shape index (κ3) is 2.75. The lowest BCUT2D eigenvalue weighted by Crippen LogP contribution is -2.35. The highest BCUT2D eigenvalue weighted by atomic mass is 16.2. The lowest BCUT2D eigenvalue weighted by Gasteiger charge is -2.16. The van der Waals surface area contributed by atoms with Crippen LogP contribution in [0.5, 0.6) is 0 Å². The fourth-order valence-electron chi connectivity index (χ4n) is 3.41. The molecule has 0 aliphatic rings. The van der Waals surface area contributed by atoms with Crippen molar-refractivity contribution in [2.24, 2.45) is 0 Å². The molecule has 2 heterocycles. The second kappa shape index (κ2) is 6.52. The zero-order valence-electron chi connectivity index (χ0n) is 16.2. The molecule has 2 amide bonds. The van der Waals surface area contributed by atoms with Crippen LogP contribution in [0.1, 0.15) is 44.2 Å². The van der Waals surface area contributed by atoms with Gasteiger partial charge >= 0.3 is 6.03 Å². The highest BCUT2D eigenvalue weighted by Gasteiger charge is 2.26. The van der Waals surface area contributed by atoms with Crippen molar-refractivity contribution >= 4 is 33.9 Å². The van der Waals surface area contributed by atoms with Crippen molar-refractivity contribution in [1.29, 1.82) is 0 Å². The van der Waals surface area contributed by atoms with Crippen molar-refractivity contribution in [3.8, 4) is 0 Å². The van der Waals surface area contributed by atoms with Crippen LogP contribution in [0.3, 0.4) is 0 Å². The molecular formula is C20H26N4O2. The monoisotopic (exact) mass is 354 g/mol. The Labute approximate surface area is 153 Å². The van der Waals surface area contributed by atoms with Gasteiger partial charge in [-0.15, -0.1) is 0 Å². The van der Waals surface area contributed by atoms with Gasteiger partial charge in [0.25, 0.3) is 5.91 Å². The van der Waals surface area contributed by atoms with E-state index < -0.39 is 0 Å². The van der Waals surface area contributed by atoms with E-state index in [0.717, 1.165) is 21.9 Å². The van der Waals surface area contributed by atoms with Gasteiger partial charge in [0.15, 0.2) is 0 Å². The number of benzene rings is 1. The van der Waals surface area contributed by atoms with Crippen molar-refractivity contribution in [2.45, 2.75) is 39.8 Å². The molecule has 0 radical (unpaired) electrons. The number of amides is 2. The van der Waals surface area contributed by atoms with E-state index in [0.29, 0.717) is 5.69 Å². The summed E-state index contributed by atoms with van der Waals surface area (Å²) in [7, 11) is 3.39. The molecular weight excluding hydrogens is 328 g/mol. The predicted octanol–water partition coefficient (Wildman–Crippen LogP) is 3.84. The van der Waals surface area contributed by atoms with Gasteiger partial charge < -0.3 is 14.8 Å². The molecule has 138 valence electrons. The van der Waals surface area contributed by atoms with Crippen LogP contribution in [0.25, 0.3) is 21.9 Å². The minimum atomic E-state index is -0.245. The van der Waals surface area contributed by atoms with Crippen LogP contribution in [0, 0.1) is 0 Å². The minimum Gasteiger partial charge on any atom is -0.349 e. The summed E-state index contributed by atoms with van der Waals surface area (Å²) in [6, 6.07) is 9.78.